The summed E-state index contributed by atoms with van der Waals surface area (Å²) in [5.41, 5.74) is 1.91. The predicted molar refractivity (Wildman–Crippen MR) is 136 cm³/mol. The molecule has 5 rings (SSSR count). The van der Waals surface area contributed by atoms with Crippen LogP contribution in [0.5, 0.6) is 11.6 Å². The molecule has 1 amide bonds. The molecule has 0 unspecified atom stereocenters. The van der Waals surface area contributed by atoms with Crippen molar-refractivity contribution < 1.29 is 27.4 Å². The molecular formula is C24H30N6O6S. The lowest BCUT2D eigenvalue weighted by Crippen LogP contribution is -2.38. The molecule has 0 bridgehead atoms. The average Bonchev–Trinajstić information content (AvgIpc) is 3.50. The maximum Gasteiger partial charge on any atom is 0.238 e. The Morgan fingerprint density at radius 3 is 2.70 bits per heavy atom. The molecule has 0 saturated carbocycles. The molecule has 2 fully saturated rings. The van der Waals surface area contributed by atoms with E-state index in [2.05, 4.69) is 14.8 Å². The Morgan fingerprint density at radius 2 is 1.97 bits per heavy atom. The number of rotatable bonds is 7. The summed E-state index contributed by atoms with van der Waals surface area (Å²) in [5, 5.41) is 5.08. The van der Waals surface area contributed by atoms with Crippen molar-refractivity contribution in [2.75, 3.05) is 44.4 Å². The van der Waals surface area contributed by atoms with E-state index in [1.807, 2.05) is 4.90 Å². The smallest absolute Gasteiger partial charge is 0.238 e. The highest BCUT2D eigenvalue weighted by molar-refractivity contribution is 7.92. The fraction of sp³-hybridized carbons (Fsp3) is 0.500. The number of carbonyl (C=O) groups is 1. The van der Waals surface area contributed by atoms with Crippen LogP contribution in [0.15, 0.2) is 24.5 Å². The van der Waals surface area contributed by atoms with Gasteiger partial charge in [0.1, 0.15) is 17.5 Å². The van der Waals surface area contributed by atoms with Crippen LogP contribution in [0.2, 0.25) is 0 Å². The van der Waals surface area contributed by atoms with E-state index >= 15 is 0 Å². The van der Waals surface area contributed by atoms with Gasteiger partial charge in [0, 0.05) is 57.0 Å². The van der Waals surface area contributed by atoms with E-state index in [0.29, 0.717) is 49.0 Å². The summed E-state index contributed by atoms with van der Waals surface area (Å²) in [6.45, 7) is 2.43. The van der Waals surface area contributed by atoms with Crippen LogP contribution < -0.4 is 14.2 Å². The molecule has 5 heterocycles. The van der Waals surface area contributed by atoms with Crippen LogP contribution in [-0.2, 0) is 26.6 Å². The molecule has 3 aromatic heterocycles. The van der Waals surface area contributed by atoms with E-state index < -0.39 is 10.0 Å². The second-order valence-electron chi connectivity index (χ2n) is 9.37. The summed E-state index contributed by atoms with van der Waals surface area (Å²) in [7, 11) is -0.351. The Balaban J connectivity index is 1.42. The molecule has 12 nitrogen and oxygen atoms in total. The van der Waals surface area contributed by atoms with Crippen molar-refractivity contribution in [3.63, 3.8) is 0 Å². The molecule has 3 aromatic rings. The normalized spacial score (nSPS) is 18.8. The number of aromatic nitrogens is 4. The molecular weight excluding hydrogens is 500 g/mol. The number of hydrogen-bond acceptors (Lipinski definition) is 9. The zero-order valence-corrected chi connectivity index (χ0v) is 21.8. The zero-order chi connectivity index (χ0) is 26.2. The number of amides is 1. The number of anilines is 1. The van der Waals surface area contributed by atoms with Gasteiger partial charge in [0.25, 0.3) is 0 Å². The van der Waals surface area contributed by atoms with Gasteiger partial charge in [-0.1, -0.05) is 0 Å². The average molecular weight is 531 g/mol. The molecule has 0 radical (unpaired) electrons. The molecule has 1 atom stereocenters. The minimum atomic E-state index is -3.55. The van der Waals surface area contributed by atoms with Gasteiger partial charge in [0.2, 0.25) is 21.8 Å². The molecule has 0 spiro atoms. The topological polar surface area (TPSA) is 138 Å². The largest absolute Gasteiger partial charge is 0.488 e. The molecule has 0 aliphatic carbocycles. The number of hydrogen-bond donors (Lipinski definition) is 1. The summed E-state index contributed by atoms with van der Waals surface area (Å²) in [5.74, 6) is 0.924. The molecule has 0 aromatic carbocycles. The number of aryl methyl sites for hydroxylation is 1. The maximum atomic E-state index is 13.0. The first kappa shape index (κ1) is 25.2. The molecule has 1 N–H and O–H groups in total. The summed E-state index contributed by atoms with van der Waals surface area (Å²) >= 11 is 0. The van der Waals surface area contributed by atoms with E-state index in [9.17, 15) is 13.2 Å². The number of likely N-dealkylation sites (tertiary alicyclic amines) is 1. The Kier molecular flexibility index (Phi) is 6.90. The van der Waals surface area contributed by atoms with E-state index in [4.69, 9.17) is 19.2 Å². The fourth-order valence-electron chi connectivity index (χ4n) is 4.77. The summed E-state index contributed by atoms with van der Waals surface area (Å²) < 4.78 is 44.8. The Labute approximate surface area is 215 Å². The van der Waals surface area contributed by atoms with Crippen LogP contribution >= 0.6 is 0 Å². The van der Waals surface area contributed by atoms with Crippen LogP contribution in [0.1, 0.15) is 19.3 Å². The van der Waals surface area contributed by atoms with Crippen LogP contribution in [0.3, 0.4) is 0 Å². The lowest BCUT2D eigenvalue weighted by atomic mass is 9.99. The van der Waals surface area contributed by atoms with E-state index in [-0.39, 0.29) is 29.5 Å². The van der Waals surface area contributed by atoms with E-state index in [0.717, 1.165) is 30.9 Å². The minimum Gasteiger partial charge on any atom is -0.488 e. The van der Waals surface area contributed by atoms with Gasteiger partial charge in [-0.15, -0.1) is 0 Å². The van der Waals surface area contributed by atoms with Crippen molar-refractivity contribution in [2.24, 2.45) is 13.0 Å². The maximum absolute atomic E-state index is 13.0. The van der Waals surface area contributed by atoms with Gasteiger partial charge < -0.3 is 19.1 Å². The van der Waals surface area contributed by atoms with Gasteiger partial charge in [-0.05, 0) is 18.9 Å². The Hall–Kier alpha value is -3.45. The zero-order valence-electron chi connectivity index (χ0n) is 21.0. The number of carbonyl (C=O) groups excluding carboxylic acids is 1. The van der Waals surface area contributed by atoms with Gasteiger partial charge in [-0.3, -0.25) is 14.2 Å². The van der Waals surface area contributed by atoms with Crippen molar-refractivity contribution in [1.82, 2.24) is 24.6 Å². The van der Waals surface area contributed by atoms with Crippen molar-refractivity contribution in [3.8, 4) is 22.9 Å². The monoisotopic (exact) mass is 530 g/mol. The number of pyridine rings is 2. The highest BCUT2D eigenvalue weighted by atomic mass is 32.2. The van der Waals surface area contributed by atoms with Crippen LogP contribution in [0.25, 0.3) is 22.3 Å². The third-order valence-electron chi connectivity index (χ3n) is 6.62. The number of methoxy groups -OCH3 is 1. The van der Waals surface area contributed by atoms with Crippen molar-refractivity contribution in [3.05, 3.63) is 24.5 Å². The van der Waals surface area contributed by atoms with Crippen LogP contribution in [-0.4, -0.2) is 84.7 Å². The SMILES string of the molecule is COc1ncc(-c2cc(O[C@@H]3CCN(C(=O)C4CCOCC4)C3)c3cnn(C)c3n2)cc1NS(C)(=O)=O. The first-order valence-electron chi connectivity index (χ1n) is 12.1. The van der Waals surface area contributed by atoms with Gasteiger partial charge in [0.05, 0.1) is 37.2 Å². The standard InChI is InChI=1S/C24H30N6O6S/c1-29-22-18(13-26-29)21(36-17-4-7-30(14-17)24(31)15-5-8-35-9-6-15)11-19(27-22)16-10-20(28-37(3,32)33)23(34-2)25-12-16/h10-13,15,17,28H,4-9,14H2,1-3H3/t17-/m1/s1. The van der Waals surface area contributed by atoms with Gasteiger partial charge in [-0.25, -0.2) is 18.4 Å². The third-order valence-corrected chi connectivity index (χ3v) is 7.21. The van der Waals surface area contributed by atoms with E-state index in [1.165, 1.54) is 7.11 Å². The number of nitrogens with one attached hydrogen (secondary N) is 1. The van der Waals surface area contributed by atoms with Gasteiger partial charge in [-0.2, -0.15) is 5.10 Å². The molecule has 2 aliphatic heterocycles. The predicted octanol–water partition coefficient (Wildman–Crippen LogP) is 1.82. The highest BCUT2D eigenvalue weighted by Crippen LogP contribution is 2.34. The molecule has 37 heavy (non-hydrogen) atoms. The van der Waals surface area contributed by atoms with Gasteiger partial charge in [0.15, 0.2) is 5.65 Å². The van der Waals surface area contributed by atoms with Crippen LogP contribution in [0, 0.1) is 5.92 Å². The first-order valence-corrected chi connectivity index (χ1v) is 14.0. The molecule has 2 saturated heterocycles. The summed E-state index contributed by atoms with van der Waals surface area (Å²) in [6.07, 6.45) is 6.39. The lowest BCUT2D eigenvalue weighted by molar-refractivity contribution is -0.137. The third kappa shape index (κ3) is 5.47. The first-order chi connectivity index (χ1) is 17.7. The second kappa shape index (κ2) is 10.1. The highest BCUT2D eigenvalue weighted by Gasteiger charge is 2.33. The Bertz CT molecular complexity index is 1420. The van der Waals surface area contributed by atoms with Crippen molar-refractivity contribution in [1.29, 1.82) is 0 Å². The minimum absolute atomic E-state index is 0.0161. The molecule has 13 heteroatoms. The lowest BCUT2D eigenvalue weighted by Gasteiger charge is -2.26. The number of nitrogens with zero attached hydrogens (tertiary/aromatic N) is 5. The van der Waals surface area contributed by atoms with Crippen LogP contribution in [0.4, 0.5) is 5.69 Å². The number of sulfonamides is 1. The number of ether oxygens (including phenoxy) is 3. The Morgan fingerprint density at radius 1 is 1.19 bits per heavy atom. The van der Waals surface area contributed by atoms with Crippen molar-refractivity contribution in [2.45, 2.75) is 25.4 Å². The summed E-state index contributed by atoms with van der Waals surface area (Å²) in [6, 6.07) is 3.41. The van der Waals surface area contributed by atoms with Crippen molar-refractivity contribution >= 4 is 32.7 Å². The quantitative estimate of drug-likeness (QED) is 0.485. The summed E-state index contributed by atoms with van der Waals surface area (Å²) in [4.78, 5) is 23.8. The number of fused-ring (bicyclic) bond motifs is 1. The van der Waals surface area contributed by atoms with Gasteiger partial charge >= 0.3 is 0 Å². The molecule has 2 aliphatic rings. The van der Waals surface area contributed by atoms with E-state index in [1.54, 1.807) is 36.3 Å². The molecule has 198 valence electrons. The fourth-order valence-corrected chi connectivity index (χ4v) is 5.31. The second-order valence-corrected chi connectivity index (χ2v) is 11.1.